The van der Waals surface area contributed by atoms with Gasteiger partial charge in [0.05, 0.1) is 6.33 Å². The molecule has 0 bridgehead atoms. The molecule has 0 atom stereocenters. The van der Waals surface area contributed by atoms with Crippen LogP contribution in [0.4, 0.5) is 0 Å². The van der Waals surface area contributed by atoms with Crippen LogP contribution >= 0.6 is 10.7 Å². The van der Waals surface area contributed by atoms with Crippen molar-refractivity contribution >= 4 is 19.7 Å². The van der Waals surface area contributed by atoms with Gasteiger partial charge in [-0.05, 0) is 12.8 Å². The van der Waals surface area contributed by atoms with Crippen molar-refractivity contribution in [2.75, 3.05) is 0 Å². The molecule has 2 heterocycles. The van der Waals surface area contributed by atoms with Gasteiger partial charge < -0.3 is 4.57 Å². The predicted molar refractivity (Wildman–Crippen MR) is 63.5 cm³/mol. The third kappa shape index (κ3) is 1.91. The van der Waals surface area contributed by atoms with E-state index in [1.54, 1.807) is 21.7 Å². The molecule has 1 saturated carbocycles. The van der Waals surface area contributed by atoms with Gasteiger partial charge in [-0.2, -0.15) is 0 Å². The van der Waals surface area contributed by atoms with E-state index in [0.29, 0.717) is 11.5 Å². The van der Waals surface area contributed by atoms with E-state index < -0.39 is 9.05 Å². The molecule has 1 aliphatic carbocycles. The summed E-state index contributed by atoms with van der Waals surface area (Å²) in [5.41, 5.74) is 0.587. The van der Waals surface area contributed by atoms with Gasteiger partial charge in [0.1, 0.15) is 5.69 Å². The van der Waals surface area contributed by atoms with E-state index in [-0.39, 0.29) is 11.2 Å². The second kappa shape index (κ2) is 3.79. The second-order valence-electron chi connectivity index (χ2n) is 4.27. The third-order valence-corrected chi connectivity index (χ3v) is 3.86. The van der Waals surface area contributed by atoms with Crippen molar-refractivity contribution in [3.8, 4) is 11.5 Å². The maximum atomic E-state index is 11.5. The van der Waals surface area contributed by atoms with Gasteiger partial charge in [0.2, 0.25) is 0 Å². The number of rotatable bonds is 3. The van der Waals surface area contributed by atoms with Crippen LogP contribution in [0.3, 0.4) is 0 Å². The highest BCUT2D eigenvalue weighted by atomic mass is 35.7. The fourth-order valence-electron chi connectivity index (χ4n) is 1.81. The van der Waals surface area contributed by atoms with E-state index >= 15 is 0 Å². The highest BCUT2D eigenvalue weighted by molar-refractivity contribution is 8.13. The number of nitrogens with zero attached hydrogens (tertiary/aromatic N) is 5. The smallest absolute Gasteiger partial charge is 0.296 e. The van der Waals surface area contributed by atoms with Crippen LogP contribution in [0.25, 0.3) is 11.5 Å². The Morgan fingerprint density at radius 3 is 2.61 bits per heavy atom. The summed E-state index contributed by atoms with van der Waals surface area (Å²) in [7, 11) is 3.30. The van der Waals surface area contributed by atoms with Crippen LogP contribution in [0.5, 0.6) is 0 Å². The number of aromatic nitrogens is 5. The Morgan fingerprint density at radius 1 is 1.39 bits per heavy atom. The summed E-state index contributed by atoms with van der Waals surface area (Å²) in [6.45, 7) is 0. The molecule has 2 aromatic rings. The molecule has 9 heteroatoms. The first-order chi connectivity index (χ1) is 8.47. The van der Waals surface area contributed by atoms with Crippen LogP contribution in [0.1, 0.15) is 18.9 Å². The predicted octanol–water partition coefficient (Wildman–Crippen LogP) is 0.941. The first-order valence-corrected chi connectivity index (χ1v) is 7.65. The number of halogens is 1. The van der Waals surface area contributed by atoms with E-state index in [1.165, 1.54) is 0 Å². The molecular formula is C9H10ClN5O2S. The quantitative estimate of drug-likeness (QED) is 0.785. The van der Waals surface area contributed by atoms with Gasteiger partial charge in [-0.25, -0.2) is 13.4 Å². The van der Waals surface area contributed by atoms with Crippen LogP contribution in [0.15, 0.2) is 17.7 Å². The molecule has 0 spiro atoms. The molecule has 1 fully saturated rings. The number of hydrogen-bond donors (Lipinski definition) is 0. The first-order valence-electron chi connectivity index (χ1n) is 5.34. The van der Waals surface area contributed by atoms with Crippen molar-refractivity contribution in [1.82, 2.24) is 24.3 Å². The zero-order chi connectivity index (χ0) is 12.9. The van der Waals surface area contributed by atoms with Crippen LogP contribution in [-0.4, -0.2) is 32.7 Å². The largest absolute Gasteiger partial charge is 0.340 e. The summed E-state index contributed by atoms with van der Waals surface area (Å²) < 4.78 is 26.2. The Hall–Kier alpha value is -1.41. The van der Waals surface area contributed by atoms with Crippen molar-refractivity contribution in [3.63, 3.8) is 0 Å². The van der Waals surface area contributed by atoms with E-state index in [9.17, 15) is 8.42 Å². The molecule has 3 rings (SSSR count). The molecule has 0 radical (unpaired) electrons. The molecule has 1 aliphatic rings. The molecule has 0 N–H and O–H groups in total. The SMILES string of the molecule is Cn1cnc(-c2nnc(S(=O)(=O)Cl)n2C2CC2)c1. The molecule has 0 aliphatic heterocycles. The Labute approximate surface area is 108 Å². The Morgan fingerprint density at radius 2 is 2.11 bits per heavy atom. The van der Waals surface area contributed by atoms with Gasteiger partial charge >= 0.3 is 0 Å². The van der Waals surface area contributed by atoms with Crippen LogP contribution in [0.2, 0.25) is 0 Å². The van der Waals surface area contributed by atoms with Crippen molar-refractivity contribution in [2.45, 2.75) is 24.0 Å². The second-order valence-corrected chi connectivity index (χ2v) is 6.73. The van der Waals surface area contributed by atoms with Gasteiger partial charge in [0.15, 0.2) is 5.82 Å². The highest BCUT2D eigenvalue weighted by Crippen LogP contribution is 2.40. The zero-order valence-corrected chi connectivity index (χ0v) is 11.1. The number of imidazole rings is 1. The maximum Gasteiger partial charge on any atom is 0.296 e. The van der Waals surface area contributed by atoms with Crippen molar-refractivity contribution in [1.29, 1.82) is 0 Å². The molecule has 7 nitrogen and oxygen atoms in total. The van der Waals surface area contributed by atoms with Gasteiger partial charge in [0, 0.05) is 30.0 Å². The monoisotopic (exact) mass is 287 g/mol. The van der Waals surface area contributed by atoms with Crippen LogP contribution < -0.4 is 0 Å². The fraction of sp³-hybridized carbons (Fsp3) is 0.444. The highest BCUT2D eigenvalue weighted by Gasteiger charge is 2.34. The third-order valence-electron chi connectivity index (χ3n) is 2.73. The Bertz CT molecular complexity index is 700. The molecule has 96 valence electrons. The lowest BCUT2D eigenvalue weighted by Gasteiger charge is -2.04. The first kappa shape index (κ1) is 11.7. The van der Waals surface area contributed by atoms with E-state index in [4.69, 9.17) is 10.7 Å². The van der Waals surface area contributed by atoms with Crippen LogP contribution in [-0.2, 0) is 16.1 Å². The van der Waals surface area contributed by atoms with E-state index in [1.807, 2.05) is 7.05 Å². The molecule has 2 aromatic heterocycles. The minimum atomic E-state index is -3.89. The van der Waals surface area contributed by atoms with Gasteiger partial charge in [0.25, 0.3) is 14.2 Å². The van der Waals surface area contributed by atoms with E-state index in [2.05, 4.69) is 15.2 Å². The van der Waals surface area contributed by atoms with Gasteiger partial charge in [-0.15, -0.1) is 10.2 Å². The lowest BCUT2D eigenvalue weighted by Crippen LogP contribution is -2.06. The average Bonchev–Trinajstić information content (AvgIpc) is 2.85. The molecule has 0 unspecified atom stereocenters. The standard InChI is InChI=1S/C9H10ClN5O2S/c1-14-4-7(11-5-14)8-12-13-9(18(10,16)17)15(8)6-2-3-6/h4-6H,2-3H2,1H3. The average molecular weight is 288 g/mol. The fourth-order valence-corrected chi connectivity index (χ4v) is 2.73. The lowest BCUT2D eigenvalue weighted by molar-refractivity contribution is 0.579. The summed E-state index contributed by atoms with van der Waals surface area (Å²) in [5.74, 6) is 0.442. The summed E-state index contributed by atoms with van der Waals surface area (Å²) in [5, 5.41) is 7.38. The number of aryl methyl sites for hydroxylation is 1. The van der Waals surface area contributed by atoms with Gasteiger partial charge in [-0.3, -0.25) is 4.57 Å². The summed E-state index contributed by atoms with van der Waals surface area (Å²) >= 11 is 0. The minimum Gasteiger partial charge on any atom is -0.340 e. The van der Waals surface area contributed by atoms with Crippen molar-refractivity contribution < 1.29 is 8.42 Å². The van der Waals surface area contributed by atoms with Crippen LogP contribution in [0, 0.1) is 0 Å². The summed E-state index contributed by atoms with van der Waals surface area (Å²) in [6, 6.07) is 0.0977. The molecule has 18 heavy (non-hydrogen) atoms. The minimum absolute atomic E-state index is 0.0977. The lowest BCUT2D eigenvalue weighted by atomic mass is 10.4. The summed E-state index contributed by atoms with van der Waals surface area (Å²) in [4.78, 5) is 4.15. The van der Waals surface area contributed by atoms with Gasteiger partial charge in [-0.1, -0.05) is 0 Å². The molecule has 0 amide bonds. The Kier molecular flexibility index (Phi) is 2.46. The topological polar surface area (TPSA) is 82.7 Å². The zero-order valence-electron chi connectivity index (χ0n) is 9.49. The molecule has 0 aromatic carbocycles. The normalized spacial score (nSPS) is 16.1. The Balaban J connectivity index is 2.19. The van der Waals surface area contributed by atoms with Crippen molar-refractivity contribution in [2.24, 2.45) is 7.05 Å². The number of hydrogen-bond acceptors (Lipinski definition) is 5. The maximum absolute atomic E-state index is 11.5. The van der Waals surface area contributed by atoms with Crippen molar-refractivity contribution in [3.05, 3.63) is 12.5 Å². The summed E-state index contributed by atoms with van der Waals surface area (Å²) in [6.07, 6.45) is 5.18. The molecular weight excluding hydrogens is 278 g/mol. The molecule has 0 saturated heterocycles. The van der Waals surface area contributed by atoms with E-state index in [0.717, 1.165) is 12.8 Å².